The number of halogens is 4. The third-order valence-corrected chi connectivity index (χ3v) is 4.23. The molecule has 2 N–H and O–H groups in total. The van der Waals surface area contributed by atoms with Gasteiger partial charge >= 0.3 is 6.18 Å². The van der Waals surface area contributed by atoms with E-state index in [-0.39, 0.29) is 17.9 Å². The zero-order valence-corrected chi connectivity index (χ0v) is 15.1. The Morgan fingerprint density at radius 3 is 2.56 bits per heavy atom. The third-order valence-electron chi connectivity index (χ3n) is 3.45. The largest absolute Gasteiger partial charge is 0.488 e. The molecule has 0 saturated carbocycles. The zero-order valence-electron chi connectivity index (χ0n) is 13.5. The van der Waals surface area contributed by atoms with Crippen molar-refractivity contribution in [1.29, 1.82) is 0 Å². The Kier molecular flexibility index (Phi) is 5.45. The number of anilines is 1. The number of para-hydroxylation sites is 1. The SMILES string of the molecule is O=C(Nc1n[nH]c(C(F)(F)F)n1)c1ccccc1OCc1ccccc1Br. The molecule has 0 aliphatic heterocycles. The average molecular weight is 441 g/mol. The first-order valence-corrected chi connectivity index (χ1v) is 8.40. The van der Waals surface area contributed by atoms with Gasteiger partial charge in [-0.1, -0.05) is 46.3 Å². The second-order valence-corrected chi connectivity index (χ2v) is 6.19. The number of aromatic amines is 1. The smallest absolute Gasteiger partial charge is 0.451 e. The molecule has 3 aromatic rings. The van der Waals surface area contributed by atoms with Crippen LogP contribution in [0.25, 0.3) is 0 Å². The number of hydrogen-bond donors (Lipinski definition) is 2. The zero-order chi connectivity index (χ0) is 19.4. The Morgan fingerprint density at radius 2 is 1.85 bits per heavy atom. The molecule has 0 bridgehead atoms. The van der Waals surface area contributed by atoms with Crippen molar-refractivity contribution in [2.24, 2.45) is 0 Å². The Morgan fingerprint density at radius 1 is 1.15 bits per heavy atom. The summed E-state index contributed by atoms with van der Waals surface area (Å²) >= 11 is 3.41. The van der Waals surface area contributed by atoms with Gasteiger partial charge in [0.1, 0.15) is 12.4 Å². The lowest BCUT2D eigenvalue weighted by Gasteiger charge is -2.11. The molecule has 0 atom stereocenters. The van der Waals surface area contributed by atoms with Gasteiger partial charge in [0, 0.05) is 10.0 Å². The Bertz CT molecular complexity index is 959. The highest BCUT2D eigenvalue weighted by molar-refractivity contribution is 9.10. The summed E-state index contributed by atoms with van der Waals surface area (Å²) in [6.07, 6.45) is -4.68. The first kappa shape index (κ1) is 18.9. The molecule has 27 heavy (non-hydrogen) atoms. The van der Waals surface area contributed by atoms with Crippen molar-refractivity contribution in [3.63, 3.8) is 0 Å². The van der Waals surface area contributed by atoms with Crippen LogP contribution in [-0.2, 0) is 12.8 Å². The summed E-state index contributed by atoms with van der Waals surface area (Å²) in [4.78, 5) is 15.6. The molecule has 0 spiro atoms. The highest BCUT2D eigenvalue weighted by Gasteiger charge is 2.35. The predicted octanol–water partition coefficient (Wildman–Crippen LogP) is 4.42. The summed E-state index contributed by atoms with van der Waals surface area (Å²) in [6, 6.07) is 13.8. The van der Waals surface area contributed by atoms with Gasteiger partial charge in [-0.2, -0.15) is 18.2 Å². The number of H-pyrrole nitrogens is 1. The first-order valence-electron chi connectivity index (χ1n) is 7.61. The standard InChI is InChI=1S/C17H12BrF3N4O2/c18-12-7-3-1-5-10(12)9-27-13-8-4-2-6-11(13)14(26)22-16-23-15(24-25-16)17(19,20)21/h1-8H,9H2,(H2,22,23,24,25,26). The minimum Gasteiger partial charge on any atom is -0.488 e. The van der Waals surface area contributed by atoms with Crippen LogP contribution in [0.2, 0.25) is 0 Å². The van der Waals surface area contributed by atoms with Crippen molar-refractivity contribution in [1.82, 2.24) is 15.2 Å². The van der Waals surface area contributed by atoms with Crippen LogP contribution in [0.4, 0.5) is 19.1 Å². The van der Waals surface area contributed by atoms with Crippen LogP contribution in [-0.4, -0.2) is 21.1 Å². The monoisotopic (exact) mass is 440 g/mol. The van der Waals surface area contributed by atoms with Crippen molar-refractivity contribution in [3.05, 3.63) is 70.0 Å². The number of benzene rings is 2. The van der Waals surface area contributed by atoms with Gasteiger partial charge < -0.3 is 4.74 Å². The minimum atomic E-state index is -4.68. The van der Waals surface area contributed by atoms with E-state index in [2.05, 4.69) is 31.3 Å². The Hall–Kier alpha value is -2.88. The van der Waals surface area contributed by atoms with Gasteiger partial charge in [0.25, 0.3) is 5.91 Å². The molecule has 1 amide bonds. The number of amides is 1. The van der Waals surface area contributed by atoms with E-state index in [1.54, 1.807) is 23.3 Å². The lowest BCUT2D eigenvalue weighted by atomic mass is 10.2. The van der Waals surface area contributed by atoms with Crippen LogP contribution in [0.3, 0.4) is 0 Å². The number of hydrogen-bond acceptors (Lipinski definition) is 4. The summed E-state index contributed by atoms with van der Waals surface area (Å²) in [5.74, 6) is -2.19. The van der Waals surface area contributed by atoms with E-state index in [0.717, 1.165) is 10.0 Å². The van der Waals surface area contributed by atoms with Crippen molar-refractivity contribution < 1.29 is 22.7 Å². The van der Waals surface area contributed by atoms with Crippen LogP contribution in [0, 0.1) is 0 Å². The van der Waals surface area contributed by atoms with Crippen molar-refractivity contribution in [3.8, 4) is 5.75 Å². The molecule has 6 nitrogen and oxygen atoms in total. The number of ether oxygens (including phenoxy) is 1. The van der Waals surface area contributed by atoms with Crippen LogP contribution in [0.5, 0.6) is 5.75 Å². The summed E-state index contributed by atoms with van der Waals surface area (Å²) in [6.45, 7) is 0.199. The van der Waals surface area contributed by atoms with Crippen LogP contribution >= 0.6 is 15.9 Å². The molecule has 0 radical (unpaired) electrons. The molecule has 0 fully saturated rings. The van der Waals surface area contributed by atoms with Crippen molar-refractivity contribution in [2.45, 2.75) is 12.8 Å². The first-order chi connectivity index (χ1) is 12.8. The number of rotatable bonds is 5. The fourth-order valence-corrected chi connectivity index (χ4v) is 2.56. The van der Waals surface area contributed by atoms with Gasteiger partial charge in [-0.05, 0) is 18.2 Å². The second kappa shape index (κ2) is 7.78. The molecule has 0 aliphatic carbocycles. The third kappa shape index (κ3) is 4.64. The quantitative estimate of drug-likeness (QED) is 0.615. The van der Waals surface area contributed by atoms with E-state index in [1.165, 1.54) is 6.07 Å². The molecular weight excluding hydrogens is 429 g/mol. The molecule has 0 aliphatic rings. The molecule has 2 aromatic carbocycles. The van der Waals surface area contributed by atoms with Gasteiger partial charge in [-0.3, -0.25) is 15.2 Å². The van der Waals surface area contributed by atoms with Gasteiger partial charge in [-0.15, -0.1) is 5.10 Å². The van der Waals surface area contributed by atoms with Crippen molar-refractivity contribution in [2.75, 3.05) is 5.32 Å². The maximum Gasteiger partial charge on any atom is 0.451 e. The van der Waals surface area contributed by atoms with E-state index < -0.39 is 23.9 Å². The fraction of sp³-hybridized carbons (Fsp3) is 0.118. The van der Waals surface area contributed by atoms with E-state index in [4.69, 9.17) is 4.74 Å². The van der Waals surface area contributed by atoms with Crippen molar-refractivity contribution >= 4 is 27.8 Å². The molecule has 140 valence electrons. The number of aromatic nitrogens is 3. The minimum absolute atomic E-state index is 0.142. The normalized spacial score (nSPS) is 11.3. The Labute approximate surface area is 159 Å². The number of nitrogens with one attached hydrogen (secondary N) is 2. The van der Waals surface area contributed by atoms with E-state index in [9.17, 15) is 18.0 Å². The molecule has 0 saturated heterocycles. The number of carbonyl (C=O) groups is 1. The fourth-order valence-electron chi connectivity index (χ4n) is 2.16. The van der Waals surface area contributed by atoms with Crippen LogP contribution in [0.15, 0.2) is 53.0 Å². The predicted molar refractivity (Wildman–Crippen MR) is 94.3 cm³/mol. The molecular formula is C17H12BrF3N4O2. The molecule has 10 heteroatoms. The summed E-state index contributed by atoms with van der Waals surface area (Å²) in [5.41, 5.74) is 1.01. The van der Waals surface area contributed by atoms with Crippen LogP contribution < -0.4 is 10.1 Å². The van der Waals surface area contributed by atoms with Crippen LogP contribution in [0.1, 0.15) is 21.7 Å². The summed E-state index contributed by atoms with van der Waals surface area (Å²) < 4.78 is 44.2. The lowest BCUT2D eigenvalue weighted by molar-refractivity contribution is -0.144. The van der Waals surface area contributed by atoms with E-state index >= 15 is 0 Å². The van der Waals surface area contributed by atoms with E-state index in [1.807, 2.05) is 24.3 Å². The van der Waals surface area contributed by atoms with Gasteiger partial charge in [-0.25, -0.2) is 0 Å². The Balaban J connectivity index is 1.74. The number of nitrogens with zero attached hydrogens (tertiary/aromatic N) is 2. The van der Waals surface area contributed by atoms with E-state index in [0.29, 0.717) is 0 Å². The molecule has 3 rings (SSSR count). The maximum absolute atomic E-state index is 12.5. The van der Waals surface area contributed by atoms with Gasteiger partial charge in [0.2, 0.25) is 11.8 Å². The molecule has 1 heterocycles. The summed E-state index contributed by atoms with van der Waals surface area (Å²) in [5, 5.41) is 7.30. The van der Waals surface area contributed by atoms with Gasteiger partial charge in [0.05, 0.1) is 5.56 Å². The molecule has 0 unspecified atom stereocenters. The summed E-state index contributed by atoms with van der Waals surface area (Å²) in [7, 11) is 0. The number of alkyl halides is 3. The topological polar surface area (TPSA) is 79.9 Å². The van der Waals surface area contributed by atoms with Gasteiger partial charge in [0.15, 0.2) is 0 Å². The second-order valence-electron chi connectivity index (χ2n) is 5.34. The molecule has 1 aromatic heterocycles. The highest BCUT2D eigenvalue weighted by Crippen LogP contribution is 2.27. The average Bonchev–Trinajstić information content (AvgIpc) is 3.10. The highest BCUT2D eigenvalue weighted by atomic mass is 79.9. The number of carbonyl (C=O) groups excluding carboxylic acids is 1. The lowest BCUT2D eigenvalue weighted by Crippen LogP contribution is -2.15. The maximum atomic E-state index is 12.5.